The number of aromatic amines is 1. The Kier molecular flexibility index (Phi) is 37.6. The van der Waals surface area contributed by atoms with Crippen LogP contribution in [0.2, 0.25) is 0 Å². The number of phenolic OH excluding ortho intramolecular Hbond substituents is 1. The fourth-order valence-corrected chi connectivity index (χ4v) is 20.7. The molecule has 4 heterocycles. The minimum atomic E-state index is -4.41. The number of imidazole rings is 1. The van der Waals surface area contributed by atoms with Crippen molar-refractivity contribution in [2.24, 2.45) is 34.8 Å². The van der Waals surface area contributed by atoms with Crippen LogP contribution in [0.15, 0.2) is 270 Å². The number of amides is 2. The van der Waals surface area contributed by atoms with Crippen LogP contribution >= 0.6 is 23.1 Å². The number of methoxy groups -OCH3 is 1. The minimum absolute atomic E-state index is 0.00151. The number of quaternary nitrogens is 1. The number of aliphatic hydroxyl groups is 2. The molecule has 2 saturated heterocycles. The number of likely N-dealkylation sites (tertiary alicyclic amines) is 1. The number of rotatable bonds is 21. The molecule has 30 heteroatoms. The summed E-state index contributed by atoms with van der Waals surface area (Å²) in [4.78, 5) is 62.6. The number of fused-ring (bicyclic) bond motifs is 6. The van der Waals surface area contributed by atoms with Crippen LogP contribution in [0.3, 0.4) is 0 Å². The van der Waals surface area contributed by atoms with Crippen LogP contribution in [-0.2, 0) is 40.6 Å². The van der Waals surface area contributed by atoms with Crippen molar-refractivity contribution < 1.29 is 79.5 Å². The molecule has 2 aromatic heterocycles. The van der Waals surface area contributed by atoms with Gasteiger partial charge in [-0.25, -0.2) is 36.4 Å². The Labute approximate surface area is 783 Å². The van der Waals surface area contributed by atoms with E-state index in [1.807, 2.05) is 24.3 Å². The molecule has 0 bridgehead atoms. The number of aliphatic hydroxyl groups excluding tert-OH is 2. The number of carboxylic acid groups (broad SMARTS) is 2. The van der Waals surface area contributed by atoms with Crippen molar-refractivity contribution in [1.82, 2.24) is 24.8 Å². The van der Waals surface area contributed by atoms with Crippen LogP contribution < -0.4 is 21.1 Å². The Morgan fingerprint density at radius 2 is 1.30 bits per heavy atom. The van der Waals surface area contributed by atoms with Gasteiger partial charge in [-0.2, -0.15) is 0 Å². The third-order valence-electron chi connectivity index (χ3n) is 25.2. The van der Waals surface area contributed by atoms with Crippen molar-refractivity contribution in [2.75, 3.05) is 102 Å². The quantitative estimate of drug-likeness (QED) is 0.0138. The van der Waals surface area contributed by atoms with Gasteiger partial charge in [0, 0.05) is 67.7 Å². The Hall–Kier alpha value is -11.2. The van der Waals surface area contributed by atoms with E-state index in [0.29, 0.717) is 53.6 Å². The lowest BCUT2D eigenvalue weighted by Crippen LogP contribution is -2.47. The molecule has 4 aliphatic carbocycles. The summed E-state index contributed by atoms with van der Waals surface area (Å²) in [5.74, 6) is 1.38. The van der Waals surface area contributed by atoms with Gasteiger partial charge in [0.2, 0.25) is 16.3 Å². The number of aliphatic carboxylic acids is 1. The van der Waals surface area contributed by atoms with Gasteiger partial charge in [-0.3, -0.25) is 33.6 Å². The molecule has 9 aromatic carbocycles. The molecule has 132 heavy (non-hydrogen) atoms. The van der Waals surface area contributed by atoms with E-state index in [0.717, 1.165) is 137 Å². The average Bonchev–Trinajstić information content (AvgIpc) is 1.53. The van der Waals surface area contributed by atoms with E-state index >= 15 is 0 Å². The lowest BCUT2D eigenvalue weighted by Gasteiger charge is -2.49. The molecule has 2 aliphatic heterocycles. The monoisotopic (exact) mass is 1870 g/mol. The summed E-state index contributed by atoms with van der Waals surface area (Å²) in [7, 11) is -1.41. The zero-order valence-electron chi connectivity index (χ0n) is 75.5. The Morgan fingerprint density at radius 1 is 0.712 bits per heavy atom. The van der Waals surface area contributed by atoms with Gasteiger partial charge in [0.15, 0.2) is 5.13 Å². The third-order valence-corrected chi connectivity index (χ3v) is 29.0. The van der Waals surface area contributed by atoms with Crippen LogP contribution in [-0.4, -0.2) is 199 Å². The van der Waals surface area contributed by atoms with Gasteiger partial charge in [-0.1, -0.05) is 201 Å². The average molecular weight is 1870 g/mol. The highest BCUT2D eigenvalue weighted by Crippen LogP contribution is 2.61. The van der Waals surface area contributed by atoms with Gasteiger partial charge >= 0.3 is 18.0 Å². The number of aromatic hydroxyl groups is 1. The molecule has 2 amide bonds. The highest BCUT2D eigenvalue weighted by molar-refractivity contribution is 7.99. The predicted molar refractivity (Wildman–Crippen MR) is 521 cm³/mol. The summed E-state index contributed by atoms with van der Waals surface area (Å²) >= 11 is 2.95. The highest BCUT2D eigenvalue weighted by Gasteiger charge is 2.58. The topological polar surface area (TPSA) is 389 Å². The summed E-state index contributed by atoms with van der Waals surface area (Å²) in [6.07, 6.45) is 16.4. The van der Waals surface area contributed by atoms with Crippen LogP contribution in [0, 0.1) is 29.1 Å². The number of phenols is 1. The standard InChI is InChI=1S/C26H28N2.C20H24N.C18H24O3.C17H13N3O5S2.C12H15N3O2S.C8H15NO2.CH4O4S/c1-4-11-23(12-5-1)13-10-18-27-19-21-28(22-20-27)26(24-14-6-2-7-15-24)25-16-8-3-9-17-25;1-21(2)15-13-19(14-16-21)20(17-9-5-3-6-10-17)18-11-7-4-8-12-18;1-18-7-6-13-12-5-3-11(19)8-10(12)2-4-14(13)15(18)9-16(20)17(18)21;21-15(13-3-1-2-4-14(13)16(22)23)19-11-5-7-12(8-6-11)27(24,25)20-17-18-9-10-26-17;1-3-6-18-8-4-5-9-10(7-8)14-11(13-9)15-12(16)17-2;9-5-6-1-3-7(4-2-6)8(10)11;1-5-6(2,3)4/h1-17,26H,18-22H2;3-12H,13-16H2,1-2H3;3,5,8,13-17,19-21H,2,4,6-7,9H2,1H3;1-10H,(H,18,20)(H,19,21)(H,22,23);4-5,7H,3,6H2,1-2H3,(H2,13,14,15,16);6-7H,1-5,9H2,(H,10,11);1H3,(H,2,3,4)/q;+1;;;;;/p-1/b13-10+;;;;;;/t;;13-,14-,15+,16-,17+,18+;;;;/m..1..../s1. The first kappa shape index (κ1) is 101. The van der Waals surface area contributed by atoms with Crippen LogP contribution in [0.4, 0.5) is 21.6 Å². The Balaban J connectivity index is 0.000000153. The number of piperidine rings is 1. The molecule has 700 valence electrons. The lowest BCUT2D eigenvalue weighted by atomic mass is 9.55. The minimum Gasteiger partial charge on any atom is -0.726 e. The second kappa shape index (κ2) is 49.0. The SMILES string of the molecule is C(=C\c1ccccc1)/CN1CCN(C(c2ccccc2)c2ccccc2)CC1.CCCSc1ccc2nc(NC(=O)OC)[nH]c2c1.COS(=O)(=O)[O-].C[C@]12CC[C@@H]3c4ccc(O)cc4CC[C@H]3[C@@H]1C[C@@H](O)[C@@H]2O.C[N+]1(C)CCC(=C(c2ccccc2)c2ccccc2)CC1.NCC1CCC(C(=O)O)CC1.O=C(O)c1ccccc1C(=O)Nc1ccc(S(=O)(=O)Nc2nccs2)cc1. The van der Waals surface area contributed by atoms with Crippen molar-refractivity contribution in [1.29, 1.82) is 0 Å². The van der Waals surface area contributed by atoms with Gasteiger partial charge in [0.25, 0.3) is 15.9 Å². The van der Waals surface area contributed by atoms with E-state index in [1.54, 1.807) is 34.8 Å². The number of anilines is 3. The van der Waals surface area contributed by atoms with Crippen molar-refractivity contribution in [2.45, 2.75) is 125 Å². The fourth-order valence-electron chi connectivity index (χ4n) is 18.1. The maximum absolute atomic E-state index is 12.3. The normalized spacial score (nSPS) is 20.2. The second-order valence-electron chi connectivity index (χ2n) is 34.4. The number of carbonyl (C=O) groups excluding carboxylic acids is 2. The number of nitrogens with one attached hydrogen (secondary N) is 4. The number of nitrogens with two attached hydrogens (primary N) is 1. The number of thiazole rings is 1. The van der Waals surface area contributed by atoms with Gasteiger partial charge < -0.3 is 55.3 Å². The number of piperazine rings is 1. The van der Waals surface area contributed by atoms with Crippen molar-refractivity contribution in [3.05, 3.63) is 310 Å². The molecule has 5 fully saturated rings. The number of aromatic carboxylic acids is 1. The largest absolute Gasteiger partial charge is 0.726 e. The predicted octanol–water partition coefficient (Wildman–Crippen LogP) is 18.1. The fraction of sp³-hybridized carbons (Fsp3) is 0.353. The molecular formula is C102H122N10O16S4. The maximum Gasteiger partial charge on any atom is 0.413 e. The number of carboxylic acids is 2. The highest BCUT2D eigenvalue weighted by atomic mass is 32.3. The number of hydrogen-bond donors (Lipinski definition) is 10. The summed E-state index contributed by atoms with van der Waals surface area (Å²) in [5.41, 5.74) is 19.8. The summed E-state index contributed by atoms with van der Waals surface area (Å²) in [6.45, 7) is 12.9. The smallest absolute Gasteiger partial charge is 0.413 e. The van der Waals surface area contributed by atoms with Crippen molar-refractivity contribution >= 4 is 107 Å². The van der Waals surface area contributed by atoms with E-state index in [1.165, 1.54) is 131 Å². The molecule has 17 rings (SSSR count). The third kappa shape index (κ3) is 29.1. The first-order valence-electron chi connectivity index (χ1n) is 44.6. The van der Waals surface area contributed by atoms with Crippen LogP contribution in [0.25, 0.3) is 22.7 Å². The lowest BCUT2D eigenvalue weighted by molar-refractivity contribution is -0.892. The van der Waals surface area contributed by atoms with Gasteiger partial charge in [0.1, 0.15) is 5.75 Å². The number of hydrogen-bond acceptors (Lipinski definition) is 21. The zero-order chi connectivity index (χ0) is 94.4. The van der Waals surface area contributed by atoms with Crippen molar-refractivity contribution in [3.63, 3.8) is 0 Å². The van der Waals surface area contributed by atoms with E-state index < -0.39 is 56.6 Å². The van der Waals surface area contributed by atoms with Crippen LogP contribution in [0.1, 0.15) is 156 Å². The van der Waals surface area contributed by atoms with Crippen molar-refractivity contribution in [3.8, 4) is 5.75 Å². The Morgan fingerprint density at radius 3 is 1.85 bits per heavy atom. The van der Waals surface area contributed by atoms with Gasteiger partial charge in [-0.15, -0.1) is 23.1 Å². The molecular weight excluding hydrogens is 1750 g/mol. The van der Waals surface area contributed by atoms with Gasteiger partial charge in [-0.05, 0) is 217 Å². The Bertz CT molecular complexity index is 5720. The van der Waals surface area contributed by atoms with E-state index in [4.69, 9.17) is 15.9 Å². The number of aromatic nitrogens is 3. The summed E-state index contributed by atoms with van der Waals surface area (Å²) in [6, 6.07) is 77.5. The number of H-pyrrole nitrogens is 1. The van der Waals surface area contributed by atoms with Gasteiger partial charge in [0.05, 0.1) is 92.6 Å². The summed E-state index contributed by atoms with van der Waals surface area (Å²) in [5, 5.41) is 55.0. The number of aryl methyl sites for hydroxylation is 1. The molecule has 26 nitrogen and oxygen atoms in total. The zero-order valence-corrected chi connectivity index (χ0v) is 78.7. The molecule has 11 aromatic rings. The molecule has 3 saturated carbocycles. The first-order valence-corrected chi connectivity index (χ1v) is 49.3. The molecule has 11 N–H and O–H groups in total. The van der Waals surface area contributed by atoms with E-state index in [9.17, 15) is 55.9 Å². The molecule has 6 aliphatic rings. The number of ether oxygens (including phenoxy) is 1. The molecule has 0 spiro atoms. The number of carbonyl (C=O) groups is 4. The summed E-state index contributed by atoms with van der Waals surface area (Å²) < 4.78 is 63.6. The molecule has 6 atom stereocenters. The molecule has 0 unspecified atom stereocenters. The number of thioether (sulfide) groups is 1. The van der Waals surface area contributed by atoms with E-state index in [2.05, 4.69) is 247 Å². The number of sulfonamides is 1. The maximum atomic E-state index is 12.3. The number of nitrogens with zero attached hydrogens (tertiary/aromatic N) is 5. The second-order valence-corrected chi connectivity index (χ2v) is 39.3. The molecule has 0 radical (unpaired) electrons. The first-order chi connectivity index (χ1) is 63.4. The van der Waals surface area contributed by atoms with E-state index in [-0.39, 0.29) is 32.5 Å². The van der Waals surface area contributed by atoms with Crippen LogP contribution in [0.5, 0.6) is 5.75 Å². The number of benzene rings is 9.